The number of urea groups is 1. The van der Waals surface area contributed by atoms with Gasteiger partial charge >= 0.3 is 6.03 Å². The number of hydrogen-bond acceptors (Lipinski definition) is 6. The van der Waals surface area contributed by atoms with Crippen molar-refractivity contribution < 1.29 is 18.7 Å². The Hall–Kier alpha value is -3.88. The predicted molar refractivity (Wildman–Crippen MR) is 119 cm³/mol. The number of hydrogen-bond donors (Lipinski definition) is 1. The van der Waals surface area contributed by atoms with Crippen LogP contribution in [0.15, 0.2) is 60.9 Å². The molecular formula is C23H24FN5O3. The summed E-state index contributed by atoms with van der Waals surface area (Å²) in [5.41, 5.74) is 0.705. The fraction of sp³-hybridized carbons (Fsp3) is 0.261. The van der Waals surface area contributed by atoms with Crippen LogP contribution in [0.4, 0.5) is 20.7 Å². The summed E-state index contributed by atoms with van der Waals surface area (Å²) in [5.74, 6) is 1.29. The van der Waals surface area contributed by atoms with Gasteiger partial charge in [0.15, 0.2) is 11.6 Å². The van der Waals surface area contributed by atoms with E-state index in [9.17, 15) is 9.18 Å². The minimum absolute atomic E-state index is 0.0482. The molecule has 1 aromatic heterocycles. The van der Waals surface area contributed by atoms with Gasteiger partial charge in [0, 0.05) is 37.4 Å². The number of rotatable bonds is 5. The first-order valence-electron chi connectivity index (χ1n) is 10.2. The highest BCUT2D eigenvalue weighted by molar-refractivity contribution is 5.89. The Morgan fingerprint density at radius 1 is 1.12 bits per heavy atom. The van der Waals surface area contributed by atoms with Crippen LogP contribution in [0.5, 0.6) is 17.4 Å². The second-order valence-electron chi connectivity index (χ2n) is 7.39. The van der Waals surface area contributed by atoms with E-state index in [4.69, 9.17) is 9.47 Å². The average Bonchev–Trinajstić information content (AvgIpc) is 2.81. The molecule has 1 aliphatic rings. The number of para-hydroxylation sites is 1. The van der Waals surface area contributed by atoms with Crippen LogP contribution in [0, 0.1) is 5.82 Å². The topological polar surface area (TPSA) is 79.8 Å². The zero-order valence-electron chi connectivity index (χ0n) is 17.9. The molecule has 1 fully saturated rings. The highest BCUT2D eigenvalue weighted by Gasteiger charge is 2.28. The third-order valence-electron chi connectivity index (χ3n) is 5.23. The van der Waals surface area contributed by atoms with Gasteiger partial charge in [-0.05, 0) is 43.3 Å². The fourth-order valence-corrected chi connectivity index (χ4v) is 3.54. The molecule has 0 bridgehead atoms. The highest BCUT2D eigenvalue weighted by atomic mass is 19.1. The molecule has 9 heteroatoms. The van der Waals surface area contributed by atoms with Crippen LogP contribution in [0.25, 0.3) is 0 Å². The predicted octanol–water partition coefficient (Wildman–Crippen LogP) is 4.16. The Labute approximate surface area is 185 Å². The van der Waals surface area contributed by atoms with Crippen molar-refractivity contribution in [3.63, 3.8) is 0 Å². The summed E-state index contributed by atoms with van der Waals surface area (Å²) in [6.45, 7) is 3.69. The average molecular weight is 437 g/mol. The minimum Gasteiger partial charge on any atom is -0.497 e. The van der Waals surface area contributed by atoms with E-state index in [-0.39, 0.29) is 23.7 Å². The number of carbonyl (C=O) groups is 1. The molecule has 0 spiro atoms. The standard InChI is InChI=1S/C23H24FN5O3/c1-16-14-28(11-12-29(16)23(30)27-17-7-9-18(31-2)10-8-17)21-13-22(26-15-25-21)32-20-6-4-3-5-19(20)24/h3-10,13,15-16H,11-12,14H2,1-2H3,(H,27,30). The van der Waals surface area contributed by atoms with E-state index >= 15 is 0 Å². The van der Waals surface area contributed by atoms with Gasteiger partial charge in [0.1, 0.15) is 17.9 Å². The number of nitrogens with one attached hydrogen (secondary N) is 1. The molecule has 2 heterocycles. The van der Waals surface area contributed by atoms with Crippen molar-refractivity contribution in [2.24, 2.45) is 0 Å². The highest BCUT2D eigenvalue weighted by Crippen LogP contribution is 2.26. The summed E-state index contributed by atoms with van der Waals surface area (Å²) >= 11 is 0. The summed E-state index contributed by atoms with van der Waals surface area (Å²) < 4.78 is 24.6. The van der Waals surface area contributed by atoms with Crippen molar-refractivity contribution >= 4 is 17.5 Å². The van der Waals surface area contributed by atoms with Crippen molar-refractivity contribution in [2.75, 3.05) is 37.0 Å². The van der Waals surface area contributed by atoms with Crippen LogP contribution in [0.1, 0.15) is 6.92 Å². The SMILES string of the molecule is COc1ccc(NC(=O)N2CCN(c3cc(Oc4ccccc4F)ncn3)CC2C)cc1. The summed E-state index contributed by atoms with van der Waals surface area (Å²) in [4.78, 5) is 25.0. The van der Waals surface area contributed by atoms with E-state index in [2.05, 4.69) is 20.2 Å². The van der Waals surface area contributed by atoms with Crippen molar-refractivity contribution in [2.45, 2.75) is 13.0 Å². The molecule has 2 amide bonds. The molecule has 2 aromatic carbocycles. The first-order chi connectivity index (χ1) is 15.5. The lowest BCUT2D eigenvalue weighted by molar-refractivity contribution is 0.184. The van der Waals surface area contributed by atoms with E-state index in [1.165, 1.54) is 12.4 Å². The molecule has 3 aromatic rings. The van der Waals surface area contributed by atoms with Crippen molar-refractivity contribution in [3.05, 3.63) is 66.7 Å². The molecule has 1 atom stereocenters. The molecule has 4 rings (SSSR count). The van der Waals surface area contributed by atoms with Gasteiger partial charge in [-0.2, -0.15) is 0 Å². The van der Waals surface area contributed by atoms with Gasteiger partial charge in [-0.3, -0.25) is 0 Å². The van der Waals surface area contributed by atoms with E-state index in [1.54, 1.807) is 60.5 Å². The van der Waals surface area contributed by atoms with E-state index in [1.807, 2.05) is 6.92 Å². The lowest BCUT2D eigenvalue weighted by atomic mass is 10.2. The van der Waals surface area contributed by atoms with E-state index in [0.29, 0.717) is 31.1 Å². The van der Waals surface area contributed by atoms with Crippen LogP contribution >= 0.6 is 0 Å². The summed E-state index contributed by atoms with van der Waals surface area (Å²) in [7, 11) is 1.60. The Balaban J connectivity index is 1.38. The van der Waals surface area contributed by atoms with Gasteiger partial charge in [-0.15, -0.1) is 0 Å². The zero-order valence-corrected chi connectivity index (χ0v) is 17.9. The van der Waals surface area contributed by atoms with Crippen LogP contribution in [-0.4, -0.2) is 53.7 Å². The lowest BCUT2D eigenvalue weighted by Crippen LogP contribution is -2.55. The Bertz CT molecular complexity index is 1080. The number of ether oxygens (including phenoxy) is 2. The maximum atomic E-state index is 13.9. The monoisotopic (exact) mass is 437 g/mol. The van der Waals surface area contributed by atoms with E-state index in [0.717, 1.165) is 5.75 Å². The van der Waals surface area contributed by atoms with Crippen LogP contribution in [-0.2, 0) is 0 Å². The Morgan fingerprint density at radius 3 is 2.62 bits per heavy atom. The zero-order chi connectivity index (χ0) is 22.5. The van der Waals surface area contributed by atoms with Crippen LogP contribution in [0.3, 0.4) is 0 Å². The molecule has 1 unspecified atom stereocenters. The number of halogens is 1. The Kier molecular flexibility index (Phi) is 6.34. The number of aromatic nitrogens is 2. The Morgan fingerprint density at radius 2 is 1.91 bits per heavy atom. The normalized spacial score (nSPS) is 15.9. The van der Waals surface area contributed by atoms with Gasteiger partial charge in [-0.1, -0.05) is 12.1 Å². The summed E-state index contributed by atoms with van der Waals surface area (Å²) in [5, 5.41) is 2.92. The number of benzene rings is 2. The lowest BCUT2D eigenvalue weighted by Gasteiger charge is -2.40. The smallest absolute Gasteiger partial charge is 0.322 e. The largest absolute Gasteiger partial charge is 0.497 e. The van der Waals surface area contributed by atoms with Gasteiger partial charge in [0.2, 0.25) is 5.88 Å². The molecule has 0 saturated carbocycles. The van der Waals surface area contributed by atoms with Gasteiger partial charge < -0.3 is 24.6 Å². The van der Waals surface area contributed by atoms with Gasteiger partial charge in [0.05, 0.1) is 7.11 Å². The van der Waals surface area contributed by atoms with Crippen molar-refractivity contribution in [1.82, 2.24) is 14.9 Å². The summed E-state index contributed by atoms with van der Waals surface area (Å²) in [6, 6.07) is 14.8. The fourth-order valence-electron chi connectivity index (χ4n) is 3.54. The third-order valence-corrected chi connectivity index (χ3v) is 5.23. The number of anilines is 2. The second-order valence-corrected chi connectivity index (χ2v) is 7.39. The molecule has 0 radical (unpaired) electrons. The molecular weight excluding hydrogens is 413 g/mol. The maximum Gasteiger partial charge on any atom is 0.322 e. The first-order valence-corrected chi connectivity index (χ1v) is 10.2. The summed E-state index contributed by atoms with van der Waals surface area (Å²) in [6.07, 6.45) is 1.39. The maximum absolute atomic E-state index is 13.9. The molecule has 1 aliphatic heterocycles. The van der Waals surface area contributed by atoms with E-state index < -0.39 is 5.82 Å². The van der Waals surface area contributed by atoms with Gasteiger partial charge in [-0.25, -0.2) is 19.2 Å². The van der Waals surface area contributed by atoms with Crippen LogP contribution < -0.4 is 19.7 Å². The molecule has 32 heavy (non-hydrogen) atoms. The molecule has 1 saturated heterocycles. The number of nitrogens with zero attached hydrogens (tertiary/aromatic N) is 4. The van der Waals surface area contributed by atoms with Crippen molar-refractivity contribution in [3.8, 4) is 17.4 Å². The first kappa shape index (κ1) is 21.4. The number of methoxy groups -OCH3 is 1. The second kappa shape index (κ2) is 9.51. The number of piperazine rings is 1. The van der Waals surface area contributed by atoms with Gasteiger partial charge in [0.25, 0.3) is 0 Å². The number of carbonyl (C=O) groups excluding carboxylic acids is 1. The number of amides is 2. The van der Waals surface area contributed by atoms with Crippen LogP contribution in [0.2, 0.25) is 0 Å². The molecule has 1 N–H and O–H groups in total. The molecule has 166 valence electrons. The molecule has 8 nitrogen and oxygen atoms in total. The van der Waals surface area contributed by atoms with Crippen molar-refractivity contribution in [1.29, 1.82) is 0 Å². The quantitative estimate of drug-likeness (QED) is 0.646. The minimum atomic E-state index is -0.460. The molecule has 0 aliphatic carbocycles. The third kappa shape index (κ3) is 4.88.